The molecule has 0 aliphatic heterocycles. The largest absolute Gasteiger partial charge is 0.318 e. The lowest BCUT2D eigenvalue weighted by Gasteiger charge is -2.05. The van der Waals surface area contributed by atoms with Crippen molar-refractivity contribution in [2.75, 3.05) is 5.32 Å². The van der Waals surface area contributed by atoms with Crippen LogP contribution in [0.15, 0.2) is 22.7 Å². The highest BCUT2D eigenvalue weighted by molar-refractivity contribution is 9.10. The van der Waals surface area contributed by atoms with Crippen LogP contribution in [0.5, 0.6) is 0 Å². The summed E-state index contributed by atoms with van der Waals surface area (Å²) in [4.78, 5) is 16.1. The van der Waals surface area contributed by atoms with Crippen LogP contribution < -0.4 is 5.32 Å². The van der Waals surface area contributed by atoms with Gasteiger partial charge in [0.05, 0.1) is 10.7 Å². The number of hydrogen-bond donors (Lipinski definition) is 2. The molecular weight excluding hydrogens is 332 g/mol. The van der Waals surface area contributed by atoms with Crippen LogP contribution in [-0.4, -0.2) is 21.1 Å². The van der Waals surface area contributed by atoms with Crippen LogP contribution in [0, 0.1) is 0 Å². The lowest BCUT2D eigenvalue weighted by atomic mass is 10.2. The van der Waals surface area contributed by atoms with Gasteiger partial charge >= 0.3 is 0 Å². The monoisotopic (exact) mass is 342 g/mol. The van der Waals surface area contributed by atoms with Crippen LogP contribution in [0.4, 0.5) is 5.69 Å². The van der Waals surface area contributed by atoms with Crippen LogP contribution in [0.3, 0.4) is 0 Å². The van der Waals surface area contributed by atoms with E-state index in [1.54, 1.807) is 18.2 Å². The van der Waals surface area contributed by atoms with Crippen LogP contribution in [0.1, 0.15) is 36.2 Å². The number of anilines is 1. The molecule has 0 unspecified atom stereocenters. The molecule has 1 aromatic heterocycles. The van der Waals surface area contributed by atoms with Gasteiger partial charge in [-0.3, -0.25) is 9.89 Å². The van der Waals surface area contributed by atoms with Crippen molar-refractivity contribution in [1.82, 2.24) is 15.2 Å². The maximum absolute atomic E-state index is 12.0. The van der Waals surface area contributed by atoms with Gasteiger partial charge in [0.1, 0.15) is 5.82 Å². The number of rotatable bonds is 3. The van der Waals surface area contributed by atoms with Gasteiger partial charge in [0.15, 0.2) is 0 Å². The summed E-state index contributed by atoms with van der Waals surface area (Å²) in [6, 6.07) is 5.21. The highest BCUT2D eigenvalue weighted by Crippen LogP contribution is 2.25. The Bertz CT molecular complexity index is 612. The molecule has 0 aliphatic rings. The average molecular weight is 344 g/mol. The Morgan fingerprint density at radius 2 is 2.21 bits per heavy atom. The smallest absolute Gasteiger partial charge is 0.295 e. The van der Waals surface area contributed by atoms with Gasteiger partial charge in [-0.1, -0.05) is 41.4 Å². The molecule has 19 heavy (non-hydrogen) atoms. The van der Waals surface area contributed by atoms with Crippen molar-refractivity contribution in [2.24, 2.45) is 0 Å². The van der Waals surface area contributed by atoms with E-state index in [1.807, 2.05) is 13.8 Å². The van der Waals surface area contributed by atoms with Gasteiger partial charge in [-0.15, -0.1) is 5.10 Å². The third-order valence-electron chi connectivity index (χ3n) is 2.43. The third kappa shape index (κ3) is 3.33. The molecule has 1 amide bonds. The zero-order chi connectivity index (χ0) is 14.0. The summed E-state index contributed by atoms with van der Waals surface area (Å²) >= 11 is 9.32. The standard InChI is InChI=1S/C12H12BrClN4O/c1-6(2)10-16-11(18-17-10)12(19)15-9-5-7(13)3-4-8(9)14/h3-6H,1-2H3,(H,15,19)(H,16,17,18). The fraction of sp³-hybridized carbons (Fsp3) is 0.250. The second-order valence-corrected chi connectivity index (χ2v) is 5.60. The summed E-state index contributed by atoms with van der Waals surface area (Å²) in [7, 11) is 0. The zero-order valence-corrected chi connectivity index (χ0v) is 12.7. The number of benzene rings is 1. The molecule has 2 rings (SSSR count). The molecule has 0 fully saturated rings. The summed E-state index contributed by atoms with van der Waals surface area (Å²) in [6.07, 6.45) is 0. The average Bonchev–Trinajstić information content (AvgIpc) is 2.83. The van der Waals surface area contributed by atoms with Crippen molar-refractivity contribution in [2.45, 2.75) is 19.8 Å². The molecule has 0 saturated carbocycles. The Balaban J connectivity index is 2.18. The van der Waals surface area contributed by atoms with Gasteiger partial charge in [-0.05, 0) is 18.2 Å². The van der Waals surface area contributed by atoms with Gasteiger partial charge in [-0.25, -0.2) is 4.98 Å². The van der Waals surface area contributed by atoms with Gasteiger partial charge in [-0.2, -0.15) is 0 Å². The second kappa shape index (κ2) is 5.71. The van der Waals surface area contributed by atoms with E-state index < -0.39 is 5.91 Å². The number of nitrogens with zero attached hydrogens (tertiary/aromatic N) is 2. The van der Waals surface area contributed by atoms with E-state index in [4.69, 9.17) is 11.6 Å². The molecule has 0 bridgehead atoms. The molecule has 0 radical (unpaired) electrons. The van der Waals surface area contributed by atoms with Crippen molar-refractivity contribution < 1.29 is 4.79 Å². The number of carbonyl (C=O) groups excluding carboxylic acids is 1. The molecule has 0 aliphatic carbocycles. The number of aromatic nitrogens is 3. The summed E-state index contributed by atoms with van der Waals surface area (Å²) in [5.74, 6) is 0.553. The van der Waals surface area contributed by atoms with E-state index in [1.165, 1.54) is 0 Å². The molecule has 0 atom stereocenters. The molecule has 2 N–H and O–H groups in total. The number of aromatic amines is 1. The predicted molar refractivity (Wildman–Crippen MR) is 77.6 cm³/mol. The number of nitrogens with one attached hydrogen (secondary N) is 2. The van der Waals surface area contributed by atoms with E-state index in [2.05, 4.69) is 36.4 Å². The van der Waals surface area contributed by atoms with E-state index in [0.29, 0.717) is 16.5 Å². The van der Waals surface area contributed by atoms with Gasteiger partial charge in [0.25, 0.3) is 5.91 Å². The first kappa shape index (κ1) is 14.0. The van der Waals surface area contributed by atoms with Crippen LogP contribution in [0.2, 0.25) is 5.02 Å². The van der Waals surface area contributed by atoms with Crippen LogP contribution in [0.25, 0.3) is 0 Å². The fourth-order valence-corrected chi connectivity index (χ4v) is 1.93. The maximum Gasteiger partial charge on any atom is 0.295 e. The summed E-state index contributed by atoms with van der Waals surface area (Å²) in [5.41, 5.74) is 0.511. The minimum absolute atomic E-state index is 0.0970. The van der Waals surface area contributed by atoms with Crippen molar-refractivity contribution in [3.05, 3.63) is 39.3 Å². The molecule has 1 heterocycles. The lowest BCUT2D eigenvalue weighted by molar-refractivity contribution is 0.101. The van der Waals surface area contributed by atoms with Crippen LogP contribution in [-0.2, 0) is 0 Å². The fourth-order valence-electron chi connectivity index (χ4n) is 1.41. The van der Waals surface area contributed by atoms with Gasteiger partial charge in [0, 0.05) is 10.4 Å². The molecule has 7 heteroatoms. The van der Waals surface area contributed by atoms with Crippen molar-refractivity contribution in [3.8, 4) is 0 Å². The Morgan fingerprint density at radius 3 is 2.84 bits per heavy atom. The first-order valence-electron chi connectivity index (χ1n) is 5.66. The van der Waals surface area contributed by atoms with E-state index in [0.717, 1.165) is 4.47 Å². The summed E-state index contributed by atoms with van der Waals surface area (Å²) in [6.45, 7) is 3.93. The van der Waals surface area contributed by atoms with Crippen molar-refractivity contribution >= 4 is 39.1 Å². The van der Waals surface area contributed by atoms with Crippen molar-refractivity contribution in [1.29, 1.82) is 0 Å². The quantitative estimate of drug-likeness (QED) is 0.894. The molecule has 2 aromatic rings. The van der Waals surface area contributed by atoms with Gasteiger partial charge in [0.2, 0.25) is 5.82 Å². The second-order valence-electron chi connectivity index (χ2n) is 4.28. The number of H-pyrrole nitrogens is 1. The number of amides is 1. The predicted octanol–water partition coefficient (Wildman–Crippen LogP) is 3.60. The molecule has 1 aromatic carbocycles. The number of halogens is 2. The molecule has 5 nitrogen and oxygen atoms in total. The summed E-state index contributed by atoms with van der Waals surface area (Å²) < 4.78 is 0.824. The normalized spacial score (nSPS) is 10.8. The number of hydrogen-bond acceptors (Lipinski definition) is 3. The number of carbonyl (C=O) groups is 1. The van der Waals surface area contributed by atoms with Crippen LogP contribution >= 0.6 is 27.5 Å². The third-order valence-corrected chi connectivity index (χ3v) is 3.25. The minimum Gasteiger partial charge on any atom is -0.318 e. The first-order valence-corrected chi connectivity index (χ1v) is 6.83. The first-order chi connectivity index (χ1) is 8.97. The van der Waals surface area contributed by atoms with E-state index in [-0.39, 0.29) is 11.7 Å². The Morgan fingerprint density at radius 1 is 1.47 bits per heavy atom. The molecule has 0 spiro atoms. The van der Waals surface area contributed by atoms with E-state index in [9.17, 15) is 4.79 Å². The molecule has 0 saturated heterocycles. The Hall–Kier alpha value is -1.40. The van der Waals surface area contributed by atoms with Gasteiger partial charge < -0.3 is 5.32 Å². The summed E-state index contributed by atoms with van der Waals surface area (Å²) in [5, 5.41) is 9.74. The Labute approximate surface area is 123 Å². The molecule has 100 valence electrons. The highest BCUT2D eigenvalue weighted by Gasteiger charge is 2.15. The zero-order valence-electron chi connectivity index (χ0n) is 10.4. The Kier molecular flexibility index (Phi) is 4.21. The highest BCUT2D eigenvalue weighted by atomic mass is 79.9. The molecular formula is C12H12BrClN4O. The minimum atomic E-state index is -0.400. The van der Waals surface area contributed by atoms with E-state index >= 15 is 0 Å². The van der Waals surface area contributed by atoms with Crippen molar-refractivity contribution in [3.63, 3.8) is 0 Å². The SMILES string of the molecule is CC(C)c1nc(C(=O)Nc2cc(Br)ccc2Cl)n[nH]1. The topological polar surface area (TPSA) is 70.7 Å². The maximum atomic E-state index is 12.0. The lowest BCUT2D eigenvalue weighted by Crippen LogP contribution is -2.14.